The van der Waals surface area contributed by atoms with Crippen LogP contribution in [0.4, 0.5) is 0 Å². The molecule has 13 heteroatoms. The summed E-state index contributed by atoms with van der Waals surface area (Å²) in [5, 5.41) is 24.2. The largest absolute Gasteiger partial charge is 0.480 e. The Hall–Kier alpha value is -3.97. The van der Waals surface area contributed by atoms with Gasteiger partial charge in [-0.15, -0.1) is 0 Å². The maximum Gasteiger partial charge on any atom is 0.328 e. The quantitative estimate of drug-likeness (QED) is 0.181. The summed E-state index contributed by atoms with van der Waals surface area (Å²) in [5.74, 6) is -4.21. The zero-order valence-electron chi connectivity index (χ0n) is 19.5. The Morgan fingerprint density at radius 3 is 2.53 bits per heavy atom. The first-order chi connectivity index (χ1) is 17.1. The van der Waals surface area contributed by atoms with Crippen LogP contribution < -0.4 is 22.1 Å². The van der Waals surface area contributed by atoms with Gasteiger partial charge in [0.25, 0.3) is 0 Å². The van der Waals surface area contributed by atoms with Crippen molar-refractivity contribution in [1.29, 1.82) is 0 Å². The molecule has 1 aromatic carbocycles. The number of carbonyl (C=O) groups excluding carboxylic acids is 4. The number of aromatic amines is 1. The molecule has 4 amide bonds. The van der Waals surface area contributed by atoms with Gasteiger partial charge in [-0.2, -0.15) is 0 Å². The van der Waals surface area contributed by atoms with E-state index in [9.17, 15) is 34.2 Å². The molecule has 1 fully saturated rings. The number of primary amides is 1. The number of aliphatic carboxylic acids is 1. The average molecular weight is 503 g/mol. The van der Waals surface area contributed by atoms with E-state index in [1.807, 2.05) is 24.3 Å². The van der Waals surface area contributed by atoms with E-state index in [1.54, 1.807) is 6.20 Å². The van der Waals surface area contributed by atoms with Gasteiger partial charge in [-0.1, -0.05) is 18.2 Å². The zero-order chi connectivity index (χ0) is 26.4. The molecule has 9 N–H and O–H groups in total. The number of hydrogen-bond donors (Lipinski definition) is 7. The fourth-order valence-electron chi connectivity index (χ4n) is 4.28. The first kappa shape index (κ1) is 26.6. The fourth-order valence-corrected chi connectivity index (χ4v) is 4.28. The van der Waals surface area contributed by atoms with Crippen molar-refractivity contribution >= 4 is 40.5 Å². The van der Waals surface area contributed by atoms with Gasteiger partial charge in [0, 0.05) is 30.1 Å². The summed E-state index contributed by atoms with van der Waals surface area (Å²) in [6, 6.07) is 2.45. The third kappa shape index (κ3) is 6.17. The highest BCUT2D eigenvalue weighted by Crippen LogP contribution is 2.21. The van der Waals surface area contributed by atoms with Gasteiger partial charge in [0.1, 0.15) is 18.1 Å². The summed E-state index contributed by atoms with van der Waals surface area (Å²) in [7, 11) is 0. The van der Waals surface area contributed by atoms with Crippen LogP contribution in [0.2, 0.25) is 0 Å². The second kappa shape index (κ2) is 11.6. The number of benzene rings is 1. The molecule has 1 aliphatic rings. The molecule has 4 atom stereocenters. The lowest BCUT2D eigenvalue weighted by atomic mass is 10.0. The number of carboxylic acids is 1. The van der Waals surface area contributed by atoms with Crippen LogP contribution in [-0.4, -0.2) is 87.0 Å². The van der Waals surface area contributed by atoms with E-state index in [-0.39, 0.29) is 19.4 Å². The van der Waals surface area contributed by atoms with Crippen molar-refractivity contribution in [2.24, 2.45) is 11.5 Å². The Balaban J connectivity index is 1.81. The number of para-hydroxylation sites is 1. The number of rotatable bonds is 11. The highest BCUT2D eigenvalue weighted by atomic mass is 16.4. The van der Waals surface area contributed by atoms with Crippen LogP contribution in [-0.2, 0) is 30.4 Å². The number of hydrogen-bond acceptors (Lipinski definition) is 7. The van der Waals surface area contributed by atoms with Gasteiger partial charge >= 0.3 is 5.97 Å². The van der Waals surface area contributed by atoms with Crippen LogP contribution in [0.1, 0.15) is 24.8 Å². The lowest BCUT2D eigenvalue weighted by Gasteiger charge is -2.28. The topological polar surface area (TPSA) is 221 Å². The Labute approximate surface area is 206 Å². The number of aromatic nitrogens is 1. The van der Waals surface area contributed by atoms with Crippen molar-refractivity contribution < 1.29 is 34.2 Å². The molecule has 3 rings (SSSR count). The molecule has 0 radical (unpaired) electrons. The number of amides is 4. The normalized spacial score (nSPS) is 17.8. The minimum Gasteiger partial charge on any atom is -0.480 e. The predicted octanol–water partition coefficient (Wildman–Crippen LogP) is -2.05. The Morgan fingerprint density at radius 2 is 1.86 bits per heavy atom. The number of aliphatic hydroxyl groups excluding tert-OH is 1. The molecule has 0 bridgehead atoms. The molecule has 0 aliphatic carbocycles. The van der Waals surface area contributed by atoms with Gasteiger partial charge in [-0.3, -0.25) is 19.2 Å². The highest BCUT2D eigenvalue weighted by molar-refractivity contribution is 5.96. The summed E-state index contributed by atoms with van der Waals surface area (Å²) < 4.78 is 0. The number of nitrogens with one attached hydrogen (secondary N) is 3. The van der Waals surface area contributed by atoms with Crippen LogP contribution >= 0.6 is 0 Å². The summed E-state index contributed by atoms with van der Waals surface area (Å²) in [6.45, 7) is -0.591. The van der Waals surface area contributed by atoms with E-state index in [1.165, 1.54) is 4.90 Å². The molecule has 194 valence electrons. The second-order valence-corrected chi connectivity index (χ2v) is 8.67. The van der Waals surface area contributed by atoms with Gasteiger partial charge in [0.05, 0.1) is 19.1 Å². The monoisotopic (exact) mass is 502 g/mol. The number of carboxylic acid groups (broad SMARTS) is 1. The Morgan fingerprint density at radius 1 is 1.14 bits per heavy atom. The van der Waals surface area contributed by atoms with Gasteiger partial charge in [-0.05, 0) is 24.5 Å². The molecule has 1 aliphatic heterocycles. The van der Waals surface area contributed by atoms with Crippen molar-refractivity contribution in [3.8, 4) is 0 Å². The van der Waals surface area contributed by atoms with Crippen LogP contribution in [0.15, 0.2) is 30.5 Å². The molecule has 0 spiro atoms. The molecular formula is C23H30N6O7. The number of carbonyl (C=O) groups is 5. The van der Waals surface area contributed by atoms with Gasteiger partial charge < -0.3 is 42.2 Å². The number of likely N-dealkylation sites (tertiary alicyclic amines) is 1. The maximum absolute atomic E-state index is 13.2. The van der Waals surface area contributed by atoms with Crippen molar-refractivity contribution in [2.45, 2.75) is 49.9 Å². The SMILES string of the molecule is NC(=O)CC(N)C(=O)N1CCCC1C(=O)NC(Cc1c[nH]c2ccccc12)C(=O)NC(CO)C(=O)O. The average Bonchev–Trinajstić information content (AvgIpc) is 3.48. The minimum absolute atomic E-state index is 0.0151. The molecule has 2 aromatic rings. The third-order valence-electron chi connectivity index (χ3n) is 6.11. The first-order valence-electron chi connectivity index (χ1n) is 11.5. The lowest BCUT2D eigenvalue weighted by molar-refractivity contribution is -0.144. The van der Waals surface area contributed by atoms with Crippen LogP contribution in [0.25, 0.3) is 10.9 Å². The third-order valence-corrected chi connectivity index (χ3v) is 6.11. The number of nitrogens with zero attached hydrogens (tertiary/aromatic N) is 1. The van der Waals surface area contributed by atoms with Gasteiger partial charge in [0.15, 0.2) is 0 Å². The zero-order valence-corrected chi connectivity index (χ0v) is 19.5. The maximum atomic E-state index is 13.2. The molecule has 4 unspecified atom stereocenters. The predicted molar refractivity (Wildman–Crippen MR) is 127 cm³/mol. The molecular weight excluding hydrogens is 472 g/mol. The second-order valence-electron chi connectivity index (χ2n) is 8.67. The highest BCUT2D eigenvalue weighted by Gasteiger charge is 2.38. The number of nitrogens with two attached hydrogens (primary N) is 2. The Bertz CT molecular complexity index is 1150. The molecule has 1 saturated heterocycles. The van der Waals surface area contributed by atoms with E-state index in [0.29, 0.717) is 18.4 Å². The number of fused-ring (bicyclic) bond motifs is 1. The molecule has 13 nitrogen and oxygen atoms in total. The molecule has 36 heavy (non-hydrogen) atoms. The van der Waals surface area contributed by atoms with Crippen molar-refractivity contribution in [1.82, 2.24) is 20.5 Å². The molecule has 2 heterocycles. The van der Waals surface area contributed by atoms with E-state index in [2.05, 4.69) is 15.6 Å². The van der Waals surface area contributed by atoms with Crippen LogP contribution in [0.5, 0.6) is 0 Å². The van der Waals surface area contributed by atoms with Crippen molar-refractivity contribution in [2.75, 3.05) is 13.2 Å². The number of aliphatic hydroxyl groups is 1. The van der Waals surface area contributed by atoms with E-state index in [0.717, 1.165) is 10.9 Å². The van der Waals surface area contributed by atoms with Crippen LogP contribution in [0, 0.1) is 0 Å². The lowest BCUT2D eigenvalue weighted by Crippen LogP contribution is -2.57. The van der Waals surface area contributed by atoms with Crippen molar-refractivity contribution in [3.63, 3.8) is 0 Å². The van der Waals surface area contributed by atoms with Crippen molar-refractivity contribution in [3.05, 3.63) is 36.0 Å². The first-order valence-corrected chi connectivity index (χ1v) is 11.5. The van der Waals surface area contributed by atoms with E-state index < -0.39 is 60.4 Å². The minimum atomic E-state index is -1.56. The van der Waals surface area contributed by atoms with E-state index in [4.69, 9.17) is 11.5 Å². The molecule has 0 saturated carbocycles. The Kier molecular flexibility index (Phi) is 8.61. The summed E-state index contributed by atoms with van der Waals surface area (Å²) in [5.41, 5.74) is 12.4. The summed E-state index contributed by atoms with van der Waals surface area (Å²) in [6.07, 6.45) is 2.16. The van der Waals surface area contributed by atoms with Gasteiger partial charge in [-0.25, -0.2) is 4.79 Å². The van der Waals surface area contributed by atoms with Gasteiger partial charge in [0.2, 0.25) is 23.6 Å². The number of H-pyrrole nitrogens is 1. The van der Waals surface area contributed by atoms with Crippen LogP contribution in [0.3, 0.4) is 0 Å². The summed E-state index contributed by atoms with van der Waals surface area (Å²) in [4.78, 5) is 65.7. The summed E-state index contributed by atoms with van der Waals surface area (Å²) >= 11 is 0. The molecule has 1 aromatic heterocycles. The standard InChI is InChI=1S/C23H30N6O7/c24-14(9-19(25)31)22(34)29-7-3-6-18(29)21(33)27-16(20(32)28-17(11-30)23(35)36)8-12-10-26-15-5-2-1-4-13(12)15/h1-2,4-5,10,14,16-18,26,30H,3,6-9,11,24H2,(H2,25,31)(H,27,33)(H,28,32)(H,35,36). The van der Waals surface area contributed by atoms with E-state index >= 15 is 0 Å². The fraction of sp³-hybridized carbons (Fsp3) is 0.435. The smallest absolute Gasteiger partial charge is 0.328 e.